The van der Waals surface area contributed by atoms with E-state index in [2.05, 4.69) is 11.8 Å². The van der Waals surface area contributed by atoms with Crippen LogP contribution >= 0.6 is 0 Å². The Balaban J connectivity index is 4.20. The predicted molar refractivity (Wildman–Crippen MR) is 31.8 cm³/mol. The van der Waals surface area contributed by atoms with Crippen LogP contribution in [0.15, 0.2) is 11.6 Å². The Labute approximate surface area is 48.4 Å². The number of aldehydes is 1. The van der Waals surface area contributed by atoms with E-state index in [1.54, 1.807) is 0 Å². The zero-order valence-corrected chi connectivity index (χ0v) is 4.22. The van der Waals surface area contributed by atoms with Gasteiger partial charge in [-0.2, -0.15) is 0 Å². The van der Waals surface area contributed by atoms with Crippen molar-refractivity contribution in [2.24, 2.45) is 0 Å². The highest BCUT2D eigenvalue weighted by atomic mass is 16.1. The molecule has 0 spiro atoms. The molecule has 0 aliphatic carbocycles. The number of hydrogen-bond donors (Lipinski definition) is 0. The van der Waals surface area contributed by atoms with E-state index in [1.165, 1.54) is 6.08 Å². The van der Waals surface area contributed by atoms with Crippen molar-refractivity contribution in [3.05, 3.63) is 11.6 Å². The van der Waals surface area contributed by atoms with Crippen LogP contribution in [0.4, 0.5) is 0 Å². The summed E-state index contributed by atoms with van der Waals surface area (Å²) in [5.41, 5.74) is 0.201. The number of hydrogen-bond acceptors (Lipinski definition) is 1. The predicted octanol–water partition coefficient (Wildman–Crippen LogP) is 0.378. The highest BCUT2D eigenvalue weighted by molar-refractivity contribution is 5.80. The second kappa shape index (κ2) is 3.71. The second-order valence-corrected chi connectivity index (χ2v) is 1.03. The fraction of sp³-hybridized carbons (Fsp3) is 0. The van der Waals surface area contributed by atoms with Crippen molar-refractivity contribution < 1.29 is 4.79 Å². The van der Waals surface area contributed by atoms with Crippen LogP contribution < -0.4 is 0 Å². The molecule has 0 aromatic heterocycles. The van der Waals surface area contributed by atoms with Crippen molar-refractivity contribution in [3.8, 4) is 24.7 Å². The standard InChI is InChI=1S/C7H4O/c1-3-5-7(4-2)6-8/h1-2,5-6H/b7-5+. The molecule has 0 unspecified atom stereocenters. The van der Waals surface area contributed by atoms with E-state index in [4.69, 9.17) is 12.8 Å². The minimum absolute atomic E-state index is 0.201. The smallest absolute Gasteiger partial charge is 0.159 e. The summed E-state index contributed by atoms with van der Waals surface area (Å²) < 4.78 is 0. The van der Waals surface area contributed by atoms with Crippen molar-refractivity contribution in [3.63, 3.8) is 0 Å². The maximum atomic E-state index is 9.82. The molecular weight excluding hydrogens is 100 g/mol. The van der Waals surface area contributed by atoms with E-state index >= 15 is 0 Å². The minimum atomic E-state index is 0.201. The van der Waals surface area contributed by atoms with Gasteiger partial charge in [-0.05, 0) is 0 Å². The van der Waals surface area contributed by atoms with E-state index in [1.807, 2.05) is 0 Å². The molecule has 0 N–H and O–H groups in total. The summed E-state index contributed by atoms with van der Waals surface area (Å²) >= 11 is 0. The van der Waals surface area contributed by atoms with Crippen LogP contribution in [0.2, 0.25) is 0 Å². The van der Waals surface area contributed by atoms with Crippen LogP contribution in [0.5, 0.6) is 0 Å². The lowest BCUT2D eigenvalue weighted by atomic mass is 10.3. The SMILES string of the molecule is C#C/C=C(\C#C)C=O. The topological polar surface area (TPSA) is 17.1 Å². The van der Waals surface area contributed by atoms with Gasteiger partial charge in [0, 0.05) is 6.08 Å². The zero-order valence-electron chi connectivity index (χ0n) is 4.22. The number of carbonyl (C=O) groups is 1. The minimum Gasteiger partial charge on any atom is -0.297 e. The Morgan fingerprint density at radius 3 is 2.25 bits per heavy atom. The van der Waals surface area contributed by atoms with Gasteiger partial charge in [-0.3, -0.25) is 4.79 Å². The van der Waals surface area contributed by atoms with Crippen molar-refractivity contribution in [1.29, 1.82) is 0 Å². The molecule has 0 radical (unpaired) electrons. The average Bonchev–Trinajstić information content (AvgIpc) is 1.83. The van der Waals surface area contributed by atoms with Crippen LogP contribution in [0, 0.1) is 24.7 Å². The molecule has 38 valence electrons. The lowest BCUT2D eigenvalue weighted by Gasteiger charge is -1.73. The van der Waals surface area contributed by atoms with Crippen molar-refractivity contribution in [2.45, 2.75) is 0 Å². The van der Waals surface area contributed by atoms with Crippen molar-refractivity contribution in [1.82, 2.24) is 0 Å². The molecular formula is C7H4O. The summed E-state index contributed by atoms with van der Waals surface area (Å²) in [7, 11) is 0. The van der Waals surface area contributed by atoms with Gasteiger partial charge in [0.15, 0.2) is 6.29 Å². The first-order valence-electron chi connectivity index (χ1n) is 1.93. The molecule has 0 saturated heterocycles. The van der Waals surface area contributed by atoms with Gasteiger partial charge in [0.2, 0.25) is 0 Å². The summed E-state index contributed by atoms with van der Waals surface area (Å²) in [6, 6.07) is 0. The lowest BCUT2D eigenvalue weighted by molar-refractivity contribution is -0.104. The van der Waals surface area contributed by atoms with Crippen LogP contribution in [0.1, 0.15) is 0 Å². The number of rotatable bonds is 1. The van der Waals surface area contributed by atoms with Crippen molar-refractivity contribution in [2.75, 3.05) is 0 Å². The Bertz CT molecular complexity index is 185. The van der Waals surface area contributed by atoms with Crippen LogP contribution in [0.3, 0.4) is 0 Å². The molecule has 0 atom stereocenters. The largest absolute Gasteiger partial charge is 0.297 e. The third kappa shape index (κ3) is 1.85. The molecule has 0 aliphatic heterocycles. The quantitative estimate of drug-likeness (QED) is 0.267. The molecule has 1 heteroatoms. The molecule has 1 nitrogen and oxygen atoms in total. The molecule has 0 heterocycles. The zero-order chi connectivity index (χ0) is 6.41. The van der Waals surface area contributed by atoms with Crippen LogP contribution in [0.25, 0.3) is 0 Å². The molecule has 0 amide bonds. The second-order valence-electron chi connectivity index (χ2n) is 1.03. The van der Waals surface area contributed by atoms with Gasteiger partial charge in [-0.15, -0.1) is 12.8 Å². The Hall–Kier alpha value is -1.47. The summed E-state index contributed by atoms with van der Waals surface area (Å²) in [5, 5.41) is 0. The highest BCUT2D eigenvalue weighted by Gasteiger charge is 1.80. The maximum absolute atomic E-state index is 9.82. The lowest BCUT2D eigenvalue weighted by Crippen LogP contribution is -1.75. The third-order valence-corrected chi connectivity index (χ3v) is 0.532. The fourth-order valence-corrected chi connectivity index (χ4v) is 0.199. The Morgan fingerprint density at radius 2 is 2.12 bits per heavy atom. The molecule has 0 bridgehead atoms. The molecule has 0 saturated carbocycles. The van der Waals surface area contributed by atoms with E-state index in [0.29, 0.717) is 6.29 Å². The van der Waals surface area contributed by atoms with Crippen LogP contribution in [-0.2, 0) is 4.79 Å². The average molecular weight is 104 g/mol. The van der Waals surface area contributed by atoms with E-state index in [0.717, 1.165) is 0 Å². The summed E-state index contributed by atoms with van der Waals surface area (Å²) in [6.07, 6.45) is 11.4. The number of terminal acetylenes is 2. The maximum Gasteiger partial charge on any atom is 0.159 e. The normalized spacial score (nSPS) is 9.00. The monoisotopic (exact) mass is 104 g/mol. The summed E-state index contributed by atoms with van der Waals surface area (Å²) in [5.74, 6) is 4.24. The van der Waals surface area contributed by atoms with Gasteiger partial charge >= 0.3 is 0 Å². The van der Waals surface area contributed by atoms with E-state index in [9.17, 15) is 4.79 Å². The highest BCUT2D eigenvalue weighted by Crippen LogP contribution is 1.81. The molecule has 0 rings (SSSR count). The molecule has 8 heavy (non-hydrogen) atoms. The molecule has 0 aromatic rings. The Morgan fingerprint density at radius 1 is 1.50 bits per heavy atom. The molecule has 0 aliphatic rings. The van der Waals surface area contributed by atoms with Gasteiger partial charge in [0.05, 0.1) is 5.57 Å². The summed E-state index contributed by atoms with van der Waals surface area (Å²) in [4.78, 5) is 9.82. The van der Waals surface area contributed by atoms with Gasteiger partial charge in [0.1, 0.15) is 0 Å². The van der Waals surface area contributed by atoms with Crippen LogP contribution in [-0.4, -0.2) is 6.29 Å². The van der Waals surface area contributed by atoms with Crippen molar-refractivity contribution >= 4 is 6.29 Å². The van der Waals surface area contributed by atoms with E-state index < -0.39 is 0 Å². The first-order valence-corrected chi connectivity index (χ1v) is 1.93. The number of carbonyl (C=O) groups excluding carboxylic acids is 1. The van der Waals surface area contributed by atoms with E-state index in [-0.39, 0.29) is 5.57 Å². The fourth-order valence-electron chi connectivity index (χ4n) is 0.199. The Kier molecular flexibility index (Phi) is 3.03. The first kappa shape index (κ1) is 6.53. The number of allylic oxidation sites excluding steroid dienone is 2. The summed E-state index contributed by atoms with van der Waals surface area (Å²) in [6.45, 7) is 0. The first-order chi connectivity index (χ1) is 3.85. The molecule has 0 fully saturated rings. The van der Waals surface area contributed by atoms with Gasteiger partial charge < -0.3 is 0 Å². The molecule has 0 aromatic carbocycles. The van der Waals surface area contributed by atoms with Gasteiger partial charge in [-0.1, -0.05) is 11.8 Å². The van der Waals surface area contributed by atoms with Gasteiger partial charge in [0.25, 0.3) is 0 Å². The third-order valence-electron chi connectivity index (χ3n) is 0.532. The van der Waals surface area contributed by atoms with Gasteiger partial charge in [-0.25, -0.2) is 0 Å².